The van der Waals surface area contributed by atoms with Gasteiger partial charge in [0.05, 0.1) is 0 Å². The van der Waals surface area contributed by atoms with Gasteiger partial charge in [0.2, 0.25) is 0 Å². The molecule has 2 aliphatic carbocycles. The minimum absolute atomic E-state index is 1.11. The van der Waals surface area contributed by atoms with Crippen LogP contribution in [0.2, 0.25) is 0 Å². The standard InChI is InChI=1S/C36H28/c1-4-11-25(12-5-1)33(26-13-6-2-7-14-26)35(27-15-8-3-9-16-27)32-23-30-21-19-28-17-10-18-29-20-22-31(24-32)36(30)34(28)29/h1-18,23-24H,19-22H2. The van der Waals surface area contributed by atoms with Crippen molar-refractivity contribution in [2.45, 2.75) is 25.7 Å². The molecule has 0 aromatic heterocycles. The Balaban J connectivity index is 1.55. The Bertz CT molecular complexity index is 1500. The monoisotopic (exact) mass is 460 g/mol. The highest BCUT2D eigenvalue weighted by Gasteiger charge is 2.27. The van der Waals surface area contributed by atoms with Crippen molar-refractivity contribution in [3.63, 3.8) is 0 Å². The second kappa shape index (κ2) is 8.81. The number of hydrogen-bond acceptors (Lipinski definition) is 0. The zero-order valence-corrected chi connectivity index (χ0v) is 20.4. The van der Waals surface area contributed by atoms with Crippen LogP contribution in [-0.2, 0) is 25.7 Å². The van der Waals surface area contributed by atoms with Gasteiger partial charge in [-0.2, -0.15) is 0 Å². The molecule has 0 amide bonds. The van der Waals surface area contributed by atoms with Crippen LogP contribution >= 0.6 is 0 Å². The van der Waals surface area contributed by atoms with Gasteiger partial charge in [-0.15, -0.1) is 0 Å². The van der Waals surface area contributed by atoms with Gasteiger partial charge in [0.1, 0.15) is 0 Å². The highest BCUT2D eigenvalue weighted by molar-refractivity contribution is 6.05. The van der Waals surface area contributed by atoms with E-state index in [4.69, 9.17) is 0 Å². The third-order valence-corrected chi connectivity index (χ3v) is 7.84. The first kappa shape index (κ1) is 21.1. The van der Waals surface area contributed by atoms with Crippen molar-refractivity contribution >= 4 is 11.1 Å². The summed E-state index contributed by atoms with van der Waals surface area (Å²) in [4.78, 5) is 0. The van der Waals surface area contributed by atoms with Crippen molar-refractivity contribution in [1.82, 2.24) is 0 Å². The summed E-state index contributed by atoms with van der Waals surface area (Å²) in [5.41, 5.74) is 16.8. The molecule has 172 valence electrons. The molecular formula is C36H28. The Morgan fingerprint density at radius 2 is 0.694 bits per heavy atom. The second-order valence-corrected chi connectivity index (χ2v) is 9.97. The molecule has 0 saturated heterocycles. The lowest BCUT2D eigenvalue weighted by atomic mass is 9.74. The Hall–Kier alpha value is -4.16. The maximum absolute atomic E-state index is 2.50. The second-order valence-electron chi connectivity index (χ2n) is 9.97. The van der Waals surface area contributed by atoms with Gasteiger partial charge in [-0.25, -0.2) is 0 Å². The average molecular weight is 461 g/mol. The fraction of sp³-hybridized carbons (Fsp3) is 0.111. The largest absolute Gasteiger partial charge is 0.0622 e. The lowest BCUT2D eigenvalue weighted by Crippen LogP contribution is -2.14. The molecular weight excluding hydrogens is 432 g/mol. The third-order valence-electron chi connectivity index (χ3n) is 7.84. The predicted octanol–water partition coefficient (Wildman–Crippen LogP) is 8.56. The Morgan fingerprint density at radius 3 is 1.14 bits per heavy atom. The quantitative estimate of drug-likeness (QED) is 0.236. The van der Waals surface area contributed by atoms with Gasteiger partial charge in [0.15, 0.2) is 0 Å². The Labute approximate surface area is 213 Å². The lowest BCUT2D eigenvalue weighted by Gasteiger charge is -2.30. The maximum Gasteiger partial charge on any atom is -0.00266 e. The summed E-state index contributed by atoms with van der Waals surface area (Å²) < 4.78 is 0. The molecule has 5 aromatic rings. The normalized spacial score (nSPS) is 13.1. The van der Waals surface area contributed by atoms with Crippen LogP contribution in [-0.4, -0.2) is 0 Å². The first-order valence-corrected chi connectivity index (χ1v) is 13.0. The van der Waals surface area contributed by atoms with Crippen LogP contribution in [0.25, 0.3) is 22.3 Å². The fourth-order valence-electron chi connectivity index (χ4n) is 6.28. The zero-order chi connectivity index (χ0) is 23.9. The van der Waals surface area contributed by atoms with Crippen molar-refractivity contribution in [3.05, 3.63) is 166 Å². The van der Waals surface area contributed by atoms with Crippen LogP contribution in [0.5, 0.6) is 0 Å². The van der Waals surface area contributed by atoms with Gasteiger partial charge < -0.3 is 0 Å². The smallest absolute Gasteiger partial charge is 0.00266 e. The number of benzene rings is 5. The SMILES string of the molecule is c1ccc(C(=C(c2ccccc2)c2cc3c4c(c2)CCc2cccc(c2-4)CC3)c2ccccc2)cc1. The van der Waals surface area contributed by atoms with Gasteiger partial charge in [0.25, 0.3) is 0 Å². The van der Waals surface area contributed by atoms with E-state index >= 15 is 0 Å². The highest BCUT2D eigenvalue weighted by atomic mass is 14.3. The Kier molecular flexibility index (Phi) is 5.17. The van der Waals surface area contributed by atoms with Crippen molar-refractivity contribution < 1.29 is 0 Å². The van der Waals surface area contributed by atoms with Crippen LogP contribution in [0.1, 0.15) is 44.5 Å². The topological polar surface area (TPSA) is 0 Å². The van der Waals surface area contributed by atoms with E-state index in [2.05, 4.69) is 121 Å². The summed E-state index contributed by atoms with van der Waals surface area (Å²) in [5.74, 6) is 0. The van der Waals surface area contributed by atoms with E-state index in [9.17, 15) is 0 Å². The Morgan fingerprint density at radius 1 is 0.333 bits per heavy atom. The first-order chi connectivity index (χ1) is 17.9. The minimum Gasteiger partial charge on any atom is -0.0622 e. The number of rotatable bonds is 4. The van der Waals surface area contributed by atoms with E-state index in [0.717, 1.165) is 25.7 Å². The fourth-order valence-corrected chi connectivity index (χ4v) is 6.28. The summed E-state index contributed by atoms with van der Waals surface area (Å²) in [5, 5.41) is 0. The molecule has 0 atom stereocenters. The number of aryl methyl sites for hydroxylation is 4. The first-order valence-electron chi connectivity index (χ1n) is 13.0. The average Bonchev–Trinajstić information content (AvgIpc) is 2.96. The predicted molar refractivity (Wildman–Crippen MR) is 151 cm³/mol. The molecule has 0 N–H and O–H groups in total. The summed E-state index contributed by atoms with van der Waals surface area (Å²) in [7, 11) is 0. The molecule has 0 unspecified atom stereocenters. The van der Waals surface area contributed by atoms with Crippen molar-refractivity contribution in [1.29, 1.82) is 0 Å². The molecule has 2 aliphatic rings. The summed E-state index contributed by atoms with van der Waals surface area (Å²) >= 11 is 0. The molecule has 0 heterocycles. The molecule has 0 spiro atoms. The summed E-state index contributed by atoms with van der Waals surface area (Å²) in [6.45, 7) is 0. The van der Waals surface area contributed by atoms with Crippen molar-refractivity contribution in [2.24, 2.45) is 0 Å². The van der Waals surface area contributed by atoms with Crippen molar-refractivity contribution in [2.75, 3.05) is 0 Å². The lowest BCUT2D eigenvalue weighted by molar-refractivity contribution is 0.875. The molecule has 0 bridgehead atoms. The van der Waals surface area contributed by atoms with E-state index < -0.39 is 0 Å². The molecule has 5 aromatic carbocycles. The maximum atomic E-state index is 2.50. The van der Waals surface area contributed by atoms with Gasteiger partial charge in [-0.05, 0) is 92.5 Å². The van der Waals surface area contributed by atoms with Gasteiger partial charge in [-0.1, -0.05) is 121 Å². The van der Waals surface area contributed by atoms with E-state index in [1.54, 1.807) is 0 Å². The van der Waals surface area contributed by atoms with E-state index in [1.165, 1.54) is 66.8 Å². The minimum atomic E-state index is 1.11. The van der Waals surface area contributed by atoms with Crippen LogP contribution in [0, 0.1) is 0 Å². The van der Waals surface area contributed by atoms with Gasteiger partial charge >= 0.3 is 0 Å². The molecule has 0 saturated carbocycles. The van der Waals surface area contributed by atoms with Crippen LogP contribution in [0.3, 0.4) is 0 Å². The van der Waals surface area contributed by atoms with E-state index in [-0.39, 0.29) is 0 Å². The van der Waals surface area contributed by atoms with E-state index in [1.807, 2.05) is 0 Å². The molecule has 0 heteroatoms. The van der Waals surface area contributed by atoms with Gasteiger partial charge in [-0.3, -0.25) is 0 Å². The third kappa shape index (κ3) is 3.53. The molecule has 7 rings (SSSR count). The molecule has 36 heavy (non-hydrogen) atoms. The molecule has 0 fully saturated rings. The van der Waals surface area contributed by atoms with Crippen LogP contribution in [0.4, 0.5) is 0 Å². The molecule has 0 nitrogen and oxygen atoms in total. The summed E-state index contributed by atoms with van der Waals surface area (Å²) in [6, 6.07) is 44.7. The summed E-state index contributed by atoms with van der Waals surface area (Å²) in [6.07, 6.45) is 4.49. The zero-order valence-electron chi connectivity index (χ0n) is 20.4. The highest BCUT2D eigenvalue weighted by Crippen LogP contribution is 2.45. The van der Waals surface area contributed by atoms with Crippen LogP contribution in [0.15, 0.2) is 121 Å². The molecule has 0 aliphatic heterocycles. The van der Waals surface area contributed by atoms with Crippen LogP contribution < -0.4 is 0 Å². The van der Waals surface area contributed by atoms with Crippen molar-refractivity contribution in [3.8, 4) is 11.1 Å². The van der Waals surface area contributed by atoms with Gasteiger partial charge in [0, 0.05) is 0 Å². The molecule has 0 radical (unpaired) electrons. The number of hydrogen-bond donors (Lipinski definition) is 0. The van der Waals surface area contributed by atoms with E-state index in [0.29, 0.717) is 0 Å².